The number of hydrogen-bond acceptors (Lipinski definition) is 2. The van der Waals surface area contributed by atoms with E-state index in [4.69, 9.17) is 13.7 Å². The summed E-state index contributed by atoms with van der Waals surface area (Å²) in [7, 11) is 0. The topological polar surface area (TPSA) is 3.24 Å². The molecule has 0 saturated heterocycles. The molecule has 9 aromatic rings. The van der Waals surface area contributed by atoms with Gasteiger partial charge in [-0.05, 0) is 98.7 Å². The van der Waals surface area contributed by atoms with Gasteiger partial charge in [-0.15, -0.1) is 11.3 Å². The maximum atomic E-state index is 9.57. The molecule has 0 aliphatic rings. The van der Waals surface area contributed by atoms with E-state index in [0.717, 1.165) is 31.3 Å². The van der Waals surface area contributed by atoms with Crippen LogP contribution in [0.15, 0.2) is 188 Å². The van der Waals surface area contributed by atoms with E-state index in [2.05, 4.69) is 0 Å². The molecular weight excluding hydrogens is 599 g/mol. The molecule has 0 fully saturated rings. The third kappa shape index (κ3) is 5.13. The van der Waals surface area contributed by atoms with Crippen LogP contribution in [0.5, 0.6) is 0 Å². The van der Waals surface area contributed by atoms with Crippen LogP contribution in [-0.4, -0.2) is 0 Å². The van der Waals surface area contributed by atoms with E-state index in [1.807, 2.05) is 97.1 Å². The minimum atomic E-state index is -0.776. The highest BCUT2D eigenvalue weighted by molar-refractivity contribution is 7.26. The van der Waals surface area contributed by atoms with Gasteiger partial charge in [0.2, 0.25) is 0 Å². The van der Waals surface area contributed by atoms with E-state index in [1.165, 1.54) is 0 Å². The van der Waals surface area contributed by atoms with Crippen molar-refractivity contribution in [2.45, 2.75) is 0 Å². The Labute approximate surface area is 305 Å². The summed E-state index contributed by atoms with van der Waals surface area (Å²) in [6, 6.07) is 20.2. The second-order valence-electron chi connectivity index (χ2n) is 11.0. The van der Waals surface area contributed by atoms with E-state index >= 15 is 0 Å². The van der Waals surface area contributed by atoms with Gasteiger partial charge in [0.25, 0.3) is 0 Å². The average molecular weight is 645 g/mol. The second-order valence-corrected chi connectivity index (χ2v) is 12.1. The lowest BCUT2D eigenvalue weighted by molar-refractivity contribution is 1.30. The fraction of sp³-hybridized carbons (Fsp3) is 0. The number of hydrogen-bond donors (Lipinski definition) is 0. The van der Waals surface area contributed by atoms with E-state index in [-0.39, 0.29) is 5.69 Å². The number of rotatable bonds is 6. The smallest absolute Gasteiger partial charge is 0.0645 e. The van der Waals surface area contributed by atoms with Crippen molar-refractivity contribution in [1.29, 1.82) is 0 Å². The van der Waals surface area contributed by atoms with E-state index in [0.29, 0.717) is 11.4 Å². The maximum Gasteiger partial charge on any atom is 0.0645 e. The minimum Gasteiger partial charge on any atom is -0.310 e. The predicted molar refractivity (Wildman–Crippen MR) is 208 cm³/mol. The highest BCUT2D eigenvalue weighted by Gasteiger charge is 2.18. The summed E-state index contributed by atoms with van der Waals surface area (Å²) in [6.07, 6.45) is 0. The fourth-order valence-electron chi connectivity index (χ4n) is 5.81. The molecule has 0 spiro atoms. The van der Waals surface area contributed by atoms with Crippen LogP contribution in [0.4, 0.5) is 17.1 Å². The molecule has 1 heterocycles. The summed E-state index contributed by atoms with van der Waals surface area (Å²) >= 11 is 1.57. The lowest BCUT2D eigenvalue weighted by atomic mass is 9.97. The summed E-state index contributed by atoms with van der Waals surface area (Å²) in [5.41, 5.74) is 0.723. The highest BCUT2D eigenvalue weighted by Crippen LogP contribution is 2.45. The van der Waals surface area contributed by atoms with Crippen LogP contribution in [-0.2, 0) is 0 Å². The normalized spacial score (nSPS) is 15.7. The van der Waals surface area contributed by atoms with Crippen LogP contribution < -0.4 is 4.90 Å². The van der Waals surface area contributed by atoms with Crippen molar-refractivity contribution in [2.24, 2.45) is 0 Å². The zero-order valence-corrected chi connectivity index (χ0v) is 25.9. The lowest BCUT2D eigenvalue weighted by Crippen LogP contribution is -2.10. The first-order valence-corrected chi connectivity index (χ1v) is 15.9. The molecule has 48 heavy (non-hydrogen) atoms. The number of thiophene rings is 1. The Balaban J connectivity index is 1.30. The number of benzene rings is 8. The monoisotopic (exact) mass is 644 g/mol. The Morgan fingerprint density at radius 3 is 1.75 bits per heavy atom. The van der Waals surface area contributed by atoms with Crippen molar-refractivity contribution in [3.63, 3.8) is 0 Å². The molecule has 9 rings (SSSR count). The fourth-order valence-corrected chi connectivity index (χ4v) is 6.93. The van der Waals surface area contributed by atoms with Crippen LogP contribution >= 0.6 is 11.3 Å². The van der Waals surface area contributed by atoms with Gasteiger partial charge in [0, 0.05) is 31.5 Å². The molecule has 1 nitrogen and oxygen atoms in total. The molecular formula is C46H31NS. The Bertz CT molecular complexity index is 3350. The Morgan fingerprint density at radius 1 is 0.417 bits per heavy atom. The standard InChI is InChI=1S/C46H31NS/c1-3-10-32(11-4-1)34-22-26-40(27-23-34)47(43-15-9-17-45-46(43)42-14-7-8-16-44(42)48-45)41-28-24-35(25-29-41)37-19-21-38-30-36(18-20-39(38)31-37)33-12-5-2-6-13-33/h1-31H/i2D,5D,6D,12D,13D,18D,19D,20D,21D,24D,25D,28D,29D,30D,31D. The summed E-state index contributed by atoms with van der Waals surface area (Å²) < 4.78 is 136. The van der Waals surface area contributed by atoms with E-state index < -0.39 is 124 Å². The minimum absolute atomic E-state index is 0.125. The van der Waals surface area contributed by atoms with Crippen LogP contribution in [0.25, 0.3) is 64.3 Å². The Morgan fingerprint density at radius 2 is 1.02 bits per heavy atom. The molecule has 226 valence electrons. The zero-order valence-electron chi connectivity index (χ0n) is 40.1. The van der Waals surface area contributed by atoms with Gasteiger partial charge < -0.3 is 4.90 Å². The maximum absolute atomic E-state index is 9.57. The average Bonchev–Trinajstić information content (AvgIpc) is 3.68. The largest absolute Gasteiger partial charge is 0.310 e. The van der Waals surface area contributed by atoms with Gasteiger partial charge in [-0.1, -0.05) is 133 Å². The van der Waals surface area contributed by atoms with Crippen molar-refractivity contribution in [3.05, 3.63) is 188 Å². The Kier molecular flexibility index (Phi) is 4.19. The first-order chi connectivity index (χ1) is 30.1. The van der Waals surface area contributed by atoms with E-state index in [1.54, 1.807) is 16.2 Å². The zero-order chi connectivity index (χ0) is 44.9. The van der Waals surface area contributed by atoms with Crippen molar-refractivity contribution in [1.82, 2.24) is 0 Å². The van der Waals surface area contributed by atoms with Gasteiger partial charge in [-0.25, -0.2) is 0 Å². The first kappa shape index (κ1) is 16.7. The van der Waals surface area contributed by atoms with Crippen LogP contribution in [0.3, 0.4) is 0 Å². The third-order valence-electron chi connectivity index (χ3n) is 8.06. The van der Waals surface area contributed by atoms with Crippen LogP contribution in [0.1, 0.15) is 20.6 Å². The number of nitrogens with zero attached hydrogens (tertiary/aromatic N) is 1. The summed E-state index contributed by atoms with van der Waals surface area (Å²) in [6.45, 7) is 0. The summed E-state index contributed by atoms with van der Waals surface area (Å²) in [5, 5.41) is 0.787. The Hall–Kier alpha value is -5.96. The lowest BCUT2D eigenvalue weighted by Gasteiger charge is -2.27. The molecule has 1 aromatic heterocycles. The molecule has 0 atom stereocenters. The molecule has 0 bridgehead atoms. The molecule has 0 aliphatic heterocycles. The molecule has 2 heteroatoms. The summed E-state index contributed by atoms with van der Waals surface area (Å²) in [5.74, 6) is 0. The molecule has 0 saturated carbocycles. The van der Waals surface area contributed by atoms with Gasteiger partial charge >= 0.3 is 0 Å². The quantitative estimate of drug-likeness (QED) is 0.174. The van der Waals surface area contributed by atoms with Crippen LogP contribution in [0.2, 0.25) is 0 Å². The predicted octanol–water partition coefficient (Wildman–Crippen LogP) is 13.7. The van der Waals surface area contributed by atoms with E-state index in [9.17, 15) is 6.85 Å². The molecule has 0 aliphatic carbocycles. The highest BCUT2D eigenvalue weighted by atomic mass is 32.1. The molecule has 0 unspecified atom stereocenters. The van der Waals surface area contributed by atoms with Gasteiger partial charge in [-0.3, -0.25) is 0 Å². The summed E-state index contributed by atoms with van der Waals surface area (Å²) in [4.78, 5) is 1.67. The SMILES string of the molecule is [2H]c1c([2H])c([2H])c(-c2c([2H])c([2H])c3c([2H])c(-c4c([2H])c([2H])c(N(c5ccc(-c6ccccc6)cc5)c5cccc6sc7ccccc7c56)c([2H])c4[2H])c([2H])c([2H])c3c2[2H])c([2H])c1[2H]. The molecule has 8 aromatic carbocycles. The van der Waals surface area contributed by atoms with Gasteiger partial charge in [0.05, 0.1) is 26.2 Å². The number of fused-ring (bicyclic) bond motifs is 4. The van der Waals surface area contributed by atoms with Gasteiger partial charge in [-0.2, -0.15) is 0 Å². The second kappa shape index (κ2) is 12.0. The van der Waals surface area contributed by atoms with Crippen LogP contribution in [0, 0.1) is 0 Å². The van der Waals surface area contributed by atoms with Crippen molar-refractivity contribution >= 4 is 59.3 Å². The first-order valence-electron chi connectivity index (χ1n) is 22.6. The molecule has 0 radical (unpaired) electrons. The van der Waals surface area contributed by atoms with Crippen molar-refractivity contribution in [3.8, 4) is 33.4 Å². The molecule has 0 N–H and O–H groups in total. The van der Waals surface area contributed by atoms with Crippen molar-refractivity contribution < 1.29 is 20.6 Å². The molecule has 0 amide bonds. The van der Waals surface area contributed by atoms with Crippen molar-refractivity contribution in [2.75, 3.05) is 4.90 Å². The van der Waals surface area contributed by atoms with Gasteiger partial charge in [0.15, 0.2) is 0 Å². The number of anilines is 3. The van der Waals surface area contributed by atoms with Gasteiger partial charge in [0.1, 0.15) is 0 Å². The third-order valence-corrected chi connectivity index (χ3v) is 9.20.